The van der Waals surface area contributed by atoms with E-state index in [0.29, 0.717) is 5.91 Å². The number of ether oxygens (including phenoxy) is 1. The number of carbonyl (C=O) groups is 1. The summed E-state index contributed by atoms with van der Waals surface area (Å²) in [7, 11) is 1.71. The summed E-state index contributed by atoms with van der Waals surface area (Å²) < 4.78 is 5.33. The Bertz CT molecular complexity index is 526. The van der Waals surface area contributed by atoms with Crippen LogP contribution in [0.4, 0.5) is 0 Å². The number of aryl methyl sites for hydroxylation is 1. The van der Waals surface area contributed by atoms with Gasteiger partial charge in [0.2, 0.25) is 5.91 Å². The van der Waals surface area contributed by atoms with Gasteiger partial charge in [0.25, 0.3) is 0 Å². The lowest BCUT2D eigenvalue weighted by molar-refractivity contribution is -0.921. The Balaban J connectivity index is 1.98. The summed E-state index contributed by atoms with van der Waals surface area (Å²) in [4.78, 5) is 16.1. The van der Waals surface area contributed by atoms with E-state index >= 15 is 0 Å². The maximum Gasteiger partial charge on any atom is 0.231 e. The lowest BCUT2D eigenvalue weighted by Gasteiger charge is -2.32. The van der Waals surface area contributed by atoms with Crippen LogP contribution in [0.25, 0.3) is 0 Å². The first-order valence-corrected chi connectivity index (χ1v) is 8.84. The van der Waals surface area contributed by atoms with Crippen LogP contribution in [0.3, 0.4) is 0 Å². The fourth-order valence-electron chi connectivity index (χ4n) is 3.66. The maximum absolute atomic E-state index is 12.6. The minimum absolute atomic E-state index is 0.193. The molecule has 128 valence electrons. The molecule has 23 heavy (non-hydrogen) atoms. The highest BCUT2D eigenvalue weighted by atomic mass is 16.5. The van der Waals surface area contributed by atoms with Crippen LogP contribution < -0.4 is 9.64 Å². The largest absolute Gasteiger partial charge is 0.496 e. The predicted molar refractivity (Wildman–Crippen MR) is 92.8 cm³/mol. The number of hydrogen-bond acceptors (Lipinski definition) is 2. The van der Waals surface area contributed by atoms with E-state index in [9.17, 15) is 4.79 Å². The molecule has 1 heterocycles. The Morgan fingerprint density at radius 1 is 1.35 bits per heavy atom. The minimum Gasteiger partial charge on any atom is -0.496 e. The maximum atomic E-state index is 12.6. The predicted octanol–water partition coefficient (Wildman–Crippen LogP) is 1.67. The van der Waals surface area contributed by atoms with Crippen LogP contribution in [0.15, 0.2) is 18.2 Å². The van der Waals surface area contributed by atoms with Gasteiger partial charge in [0.05, 0.1) is 26.1 Å². The average Bonchev–Trinajstić information content (AvgIpc) is 2.56. The molecule has 0 saturated carbocycles. The van der Waals surface area contributed by atoms with Crippen molar-refractivity contribution >= 4 is 5.91 Å². The number of likely N-dealkylation sites (tertiary alicyclic amines) is 1. The summed E-state index contributed by atoms with van der Waals surface area (Å²) >= 11 is 0. The highest BCUT2D eigenvalue weighted by Gasteiger charge is 2.30. The molecule has 4 nitrogen and oxygen atoms in total. The summed E-state index contributed by atoms with van der Waals surface area (Å²) in [6.07, 6.45) is 2.18. The van der Waals surface area contributed by atoms with Crippen molar-refractivity contribution in [1.82, 2.24) is 4.90 Å². The molecule has 1 aliphatic rings. The van der Waals surface area contributed by atoms with Crippen molar-refractivity contribution in [3.05, 3.63) is 29.3 Å². The van der Waals surface area contributed by atoms with Gasteiger partial charge in [-0.25, -0.2) is 0 Å². The van der Waals surface area contributed by atoms with Crippen LogP contribution in [0.5, 0.6) is 5.75 Å². The number of rotatable bonds is 6. The molecule has 2 rings (SSSR count). The van der Waals surface area contributed by atoms with Gasteiger partial charge in [0.15, 0.2) is 0 Å². The Morgan fingerprint density at radius 3 is 2.70 bits per heavy atom. The number of amides is 1. The van der Waals surface area contributed by atoms with Gasteiger partial charge in [0.1, 0.15) is 12.3 Å². The van der Waals surface area contributed by atoms with E-state index in [0.717, 1.165) is 51.3 Å². The lowest BCUT2D eigenvalue weighted by Crippen LogP contribution is -3.12. The molecule has 1 fully saturated rings. The summed E-state index contributed by atoms with van der Waals surface area (Å²) in [5, 5.41) is 0. The van der Waals surface area contributed by atoms with Crippen molar-refractivity contribution < 1.29 is 14.4 Å². The second-order valence-corrected chi connectivity index (χ2v) is 6.53. The van der Waals surface area contributed by atoms with Crippen LogP contribution in [0.2, 0.25) is 0 Å². The average molecular weight is 319 g/mol. The number of piperidine rings is 1. The van der Waals surface area contributed by atoms with Crippen LogP contribution in [-0.2, 0) is 11.3 Å². The van der Waals surface area contributed by atoms with Gasteiger partial charge in [-0.1, -0.05) is 0 Å². The Morgan fingerprint density at radius 2 is 2.09 bits per heavy atom. The topological polar surface area (TPSA) is 34.0 Å². The van der Waals surface area contributed by atoms with Gasteiger partial charge >= 0.3 is 0 Å². The second-order valence-electron chi connectivity index (χ2n) is 6.53. The van der Waals surface area contributed by atoms with E-state index in [2.05, 4.69) is 32.9 Å². The fourth-order valence-corrected chi connectivity index (χ4v) is 3.66. The van der Waals surface area contributed by atoms with E-state index < -0.39 is 0 Å². The molecule has 1 unspecified atom stereocenters. The molecule has 1 aromatic carbocycles. The van der Waals surface area contributed by atoms with Gasteiger partial charge in [-0.15, -0.1) is 0 Å². The molecule has 0 aromatic heterocycles. The van der Waals surface area contributed by atoms with Gasteiger partial charge in [-0.2, -0.15) is 0 Å². The van der Waals surface area contributed by atoms with Crippen LogP contribution in [0, 0.1) is 12.8 Å². The van der Waals surface area contributed by atoms with Crippen LogP contribution >= 0.6 is 0 Å². The van der Waals surface area contributed by atoms with E-state index in [1.165, 1.54) is 16.0 Å². The first kappa shape index (κ1) is 17.8. The molecule has 1 aliphatic heterocycles. The molecule has 4 heteroatoms. The standard InChI is InChI=1S/C19H30N2O2/c1-5-21(6-2)19(22)17-8-7-11-20(14-17)13-16-9-10-18(23-4)15(3)12-16/h9-10,12,17H,5-8,11,13-14H2,1-4H3/p+1/t17-/m0/s1. The van der Waals surface area contributed by atoms with Crippen molar-refractivity contribution in [3.8, 4) is 5.75 Å². The van der Waals surface area contributed by atoms with Gasteiger partial charge in [0, 0.05) is 18.7 Å². The number of hydrogen-bond donors (Lipinski definition) is 1. The summed E-state index contributed by atoms with van der Waals surface area (Å²) in [6.45, 7) is 11.0. The summed E-state index contributed by atoms with van der Waals surface area (Å²) in [5.41, 5.74) is 2.51. The molecule has 2 atom stereocenters. The quantitative estimate of drug-likeness (QED) is 0.865. The molecular formula is C19H31N2O2+. The van der Waals surface area contributed by atoms with Crippen molar-refractivity contribution in [2.24, 2.45) is 5.92 Å². The van der Waals surface area contributed by atoms with Crippen molar-refractivity contribution in [2.45, 2.75) is 40.2 Å². The molecule has 1 aromatic rings. The second kappa shape index (κ2) is 8.34. The van der Waals surface area contributed by atoms with Gasteiger partial charge in [-0.3, -0.25) is 4.79 Å². The monoisotopic (exact) mass is 319 g/mol. The molecule has 0 aliphatic carbocycles. The number of benzene rings is 1. The van der Waals surface area contributed by atoms with E-state index in [1.807, 2.05) is 11.0 Å². The highest BCUT2D eigenvalue weighted by Crippen LogP contribution is 2.18. The lowest BCUT2D eigenvalue weighted by atomic mass is 9.96. The third-order valence-corrected chi connectivity index (χ3v) is 4.96. The normalized spacial score (nSPS) is 21.0. The molecule has 1 saturated heterocycles. The number of nitrogens with one attached hydrogen (secondary N) is 1. The first-order chi connectivity index (χ1) is 11.1. The first-order valence-electron chi connectivity index (χ1n) is 8.84. The van der Waals surface area contributed by atoms with E-state index in [-0.39, 0.29) is 5.92 Å². The van der Waals surface area contributed by atoms with Crippen LogP contribution in [-0.4, -0.2) is 44.1 Å². The van der Waals surface area contributed by atoms with Crippen molar-refractivity contribution in [3.63, 3.8) is 0 Å². The highest BCUT2D eigenvalue weighted by molar-refractivity contribution is 5.78. The fraction of sp³-hybridized carbons (Fsp3) is 0.632. The van der Waals surface area contributed by atoms with E-state index in [4.69, 9.17) is 4.74 Å². The minimum atomic E-state index is 0.193. The molecule has 1 N–H and O–H groups in total. The zero-order valence-electron chi connectivity index (χ0n) is 15.0. The zero-order chi connectivity index (χ0) is 16.8. The Kier molecular flexibility index (Phi) is 6.46. The molecule has 0 spiro atoms. The van der Waals surface area contributed by atoms with Crippen LogP contribution in [0.1, 0.15) is 37.8 Å². The van der Waals surface area contributed by atoms with Crippen molar-refractivity contribution in [1.29, 1.82) is 0 Å². The molecule has 0 bridgehead atoms. The van der Waals surface area contributed by atoms with E-state index in [1.54, 1.807) is 7.11 Å². The SMILES string of the molecule is CCN(CC)C(=O)[C@H]1CCC[NH+](Cc2ccc(OC)c(C)c2)C1. The van der Waals surface area contributed by atoms with Gasteiger partial charge < -0.3 is 14.5 Å². The number of methoxy groups -OCH3 is 1. The Hall–Kier alpha value is -1.55. The smallest absolute Gasteiger partial charge is 0.231 e. The molecule has 1 amide bonds. The third-order valence-electron chi connectivity index (χ3n) is 4.96. The number of quaternary nitrogens is 1. The zero-order valence-corrected chi connectivity index (χ0v) is 15.0. The van der Waals surface area contributed by atoms with Crippen molar-refractivity contribution in [2.75, 3.05) is 33.3 Å². The molecular weight excluding hydrogens is 288 g/mol. The van der Waals surface area contributed by atoms with Gasteiger partial charge in [-0.05, 0) is 57.4 Å². The molecule has 0 radical (unpaired) electrons. The number of carbonyl (C=O) groups excluding carboxylic acids is 1. The summed E-state index contributed by atoms with van der Waals surface area (Å²) in [5.74, 6) is 1.48. The third kappa shape index (κ3) is 4.47. The summed E-state index contributed by atoms with van der Waals surface area (Å²) in [6, 6.07) is 6.41. The Labute approximate surface area is 140 Å². The number of nitrogens with zero attached hydrogens (tertiary/aromatic N) is 1.